The van der Waals surface area contributed by atoms with Crippen molar-refractivity contribution >= 4 is 33.2 Å². The normalized spacial score (nSPS) is 22.9. The predicted octanol–water partition coefficient (Wildman–Crippen LogP) is 3.54. The Morgan fingerprint density at radius 3 is 2.73 bits per heavy atom. The number of aryl methyl sites for hydroxylation is 1. The van der Waals surface area contributed by atoms with Crippen LogP contribution in [0.25, 0.3) is 0 Å². The maximum atomic E-state index is 13.6. The number of ketones is 1. The molecule has 1 aromatic carbocycles. The molecule has 4 atom stereocenters. The summed E-state index contributed by atoms with van der Waals surface area (Å²) in [5, 5.41) is 13.4. The van der Waals surface area contributed by atoms with Gasteiger partial charge in [0.2, 0.25) is 5.78 Å². The number of ether oxygens (including phenoxy) is 1. The van der Waals surface area contributed by atoms with E-state index in [9.17, 15) is 31.5 Å². The lowest BCUT2D eigenvalue weighted by Crippen LogP contribution is -2.31. The lowest BCUT2D eigenvalue weighted by molar-refractivity contribution is -0.137. The van der Waals surface area contributed by atoms with Crippen LogP contribution in [0.2, 0.25) is 0 Å². The summed E-state index contributed by atoms with van der Waals surface area (Å²) in [6, 6.07) is 4.84. The van der Waals surface area contributed by atoms with Crippen LogP contribution in [-0.2, 0) is 31.8 Å². The summed E-state index contributed by atoms with van der Waals surface area (Å²) in [6.07, 6.45) is -3.92. The van der Waals surface area contributed by atoms with E-state index in [1.165, 1.54) is 37.0 Å². The number of aliphatic hydroxyl groups is 1. The average Bonchev–Trinajstić information content (AvgIpc) is 3.48. The van der Waals surface area contributed by atoms with Crippen molar-refractivity contribution in [1.29, 1.82) is 0 Å². The topological polar surface area (TPSA) is 140 Å². The first kappa shape index (κ1) is 29.5. The van der Waals surface area contributed by atoms with Crippen LogP contribution in [0.4, 0.5) is 19.0 Å². The number of thiophene rings is 1. The molecule has 15 heteroatoms. The molecule has 0 radical (unpaired) electrons. The molecule has 0 amide bonds. The number of aliphatic hydroxyl groups excluding tert-OH is 1. The number of nitrogens with one attached hydrogen (secondary N) is 2. The third kappa shape index (κ3) is 6.29. The van der Waals surface area contributed by atoms with Gasteiger partial charge >= 0.3 is 16.5 Å². The Kier molecular flexibility index (Phi) is 8.20. The fraction of sp³-hybridized carbons (Fsp3) is 0.423. The van der Waals surface area contributed by atoms with E-state index in [1.54, 1.807) is 13.0 Å². The van der Waals surface area contributed by atoms with Gasteiger partial charge in [0.05, 0.1) is 28.7 Å². The molecule has 3 N–H and O–H groups in total. The zero-order chi connectivity index (χ0) is 29.5. The van der Waals surface area contributed by atoms with Crippen molar-refractivity contribution in [2.75, 3.05) is 19.0 Å². The number of hydrogen-bond donors (Lipinski definition) is 3. The van der Waals surface area contributed by atoms with Gasteiger partial charge in [0, 0.05) is 24.2 Å². The van der Waals surface area contributed by atoms with Gasteiger partial charge in [-0.2, -0.15) is 26.3 Å². The van der Waals surface area contributed by atoms with Crippen LogP contribution in [0.3, 0.4) is 0 Å². The second-order valence-corrected chi connectivity index (χ2v) is 12.6. The van der Waals surface area contributed by atoms with Gasteiger partial charge in [-0.15, -0.1) is 11.3 Å². The van der Waals surface area contributed by atoms with Gasteiger partial charge in [0.15, 0.2) is 0 Å². The summed E-state index contributed by atoms with van der Waals surface area (Å²) in [4.78, 5) is 22.8. The summed E-state index contributed by atoms with van der Waals surface area (Å²) >= 11 is 1.19. The highest BCUT2D eigenvalue weighted by Crippen LogP contribution is 2.41. The van der Waals surface area contributed by atoms with E-state index in [0.717, 1.165) is 22.6 Å². The fourth-order valence-corrected chi connectivity index (χ4v) is 6.72. The van der Waals surface area contributed by atoms with Gasteiger partial charge in [-0.25, -0.2) is 9.97 Å². The zero-order valence-corrected chi connectivity index (χ0v) is 23.6. The molecular formula is C26H27F3N4O6S2. The van der Waals surface area contributed by atoms with Gasteiger partial charge in [0.1, 0.15) is 24.4 Å². The number of hydrogen-bond acceptors (Lipinski definition) is 10. The highest BCUT2D eigenvalue weighted by molar-refractivity contribution is 7.84. The van der Waals surface area contributed by atoms with Crippen molar-refractivity contribution in [2.45, 2.75) is 56.7 Å². The minimum atomic E-state index is -4.50. The number of rotatable bonds is 8. The molecule has 1 saturated carbocycles. The minimum Gasteiger partial charge on any atom is -0.390 e. The second kappa shape index (κ2) is 11.4. The molecule has 10 nitrogen and oxygen atoms in total. The SMILES string of the molecule is CNS(=O)(=O)O[C@@H]1C[C@H](Nc2ncncc2C(=O)c2cc([C@H]3OCCc4ccc(C(F)(F)F)cc43)c(C)s2)C[C@@H]1O. The molecule has 2 aromatic heterocycles. The summed E-state index contributed by atoms with van der Waals surface area (Å²) in [5.41, 5.74) is 1.18. The van der Waals surface area contributed by atoms with Crippen molar-refractivity contribution in [2.24, 2.45) is 0 Å². The number of halogens is 3. The van der Waals surface area contributed by atoms with Gasteiger partial charge in [-0.1, -0.05) is 6.07 Å². The van der Waals surface area contributed by atoms with E-state index in [0.29, 0.717) is 29.0 Å². The molecule has 0 saturated heterocycles. The third-order valence-electron chi connectivity index (χ3n) is 7.14. The van der Waals surface area contributed by atoms with E-state index in [4.69, 9.17) is 8.92 Å². The largest absolute Gasteiger partial charge is 0.416 e. The lowest BCUT2D eigenvalue weighted by atomic mass is 9.91. The Morgan fingerprint density at radius 1 is 1.22 bits per heavy atom. The second-order valence-electron chi connectivity index (χ2n) is 9.82. The highest BCUT2D eigenvalue weighted by atomic mass is 32.2. The van der Waals surface area contributed by atoms with Crippen molar-refractivity contribution in [1.82, 2.24) is 14.7 Å². The molecule has 0 bridgehead atoms. The van der Waals surface area contributed by atoms with E-state index in [-0.39, 0.29) is 24.2 Å². The number of fused-ring (bicyclic) bond motifs is 1. The van der Waals surface area contributed by atoms with Gasteiger partial charge < -0.3 is 15.2 Å². The van der Waals surface area contributed by atoms with Crippen LogP contribution in [0.5, 0.6) is 0 Å². The first-order valence-corrected chi connectivity index (χ1v) is 14.9. The maximum absolute atomic E-state index is 13.6. The molecule has 0 spiro atoms. The summed E-state index contributed by atoms with van der Waals surface area (Å²) in [7, 11) is -2.82. The Hall–Kier alpha value is -2.95. The number of anilines is 1. The third-order valence-corrected chi connectivity index (χ3v) is 9.21. The fourth-order valence-electron chi connectivity index (χ4n) is 5.09. The number of carbonyl (C=O) groups is 1. The van der Waals surface area contributed by atoms with Crippen molar-refractivity contribution in [3.05, 3.63) is 74.4 Å². The Balaban J connectivity index is 1.38. The van der Waals surface area contributed by atoms with E-state index in [1.807, 2.05) is 4.72 Å². The molecule has 2 aliphatic rings. The molecule has 1 aliphatic heterocycles. The monoisotopic (exact) mass is 612 g/mol. The van der Waals surface area contributed by atoms with Crippen LogP contribution in [-0.4, -0.2) is 61.2 Å². The first-order valence-electron chi connectivity index (χ1n) is 12.7. The van der Waals surface area contributed by atoms with Crippen LogP contribution in [0.15, 0.2) is 36.8 Å². The molecule has 41 heavy (non-hydrogen) atoms. The van der Waals surface area contributed by atoms with Crippen molar-refractivity contribution in [3.8, 4) is 0 Å². The molecule has 1 fully saturated rings. The van der Waals surface area contributed by atoms with Crippen LogP contribution in [0, 0.1) is 6.92 Å². The Bertz CT molecular complexity index is 1560. The van der Waals surface area contributed by atoms with E-state index < -0.39 is 52.2 Å². The minimum absolute atomic E-state index is 0.139. The van der Waals surface area contributed by atoms with Crippen LogP contribution < -0.4 is 10.0 Å². The number of aromatic nitrogens is 2. The van der Waals surface area contributed by atoms with Crippen molar-refractivity contribution in [3.63, 3.8) is 0 Å². The number of alkyl halides is 3. The first-order chi connectivity index (χ1) is 19.4. The summed E-state index contributed by atoms with van der Waals surface area (Å²) < 4.78 is 76.7. The van der Waals surface area contributed by atoms with Gasteiger partial charge in [-0.3, -0.25) is 8.98 Å². The molecule has 3 heterocycles. The summed E-state index contributed by atoms with van der Waals surface area (Å²) in [5.74, 6) is -0.211. The average molecular weight is 613 g/mol. The highest BCUT2D eigenvalue weighted by Gasteiger charge is 2.38. The predicted molar refractivity (Wildman–Crippen MR) is 143 cm³/mol. The van der Waals surface area contributed by atoms with Crippen LogP contribution in [0.1, 0.15) is 61.3 Å². The van der Waals surface area contributed by atoms with E-state index in [2.05, 4.69) is 15.3 Å². The van der Waals surface area contributed by atoms with Crippen molar-refractivity contribution < 1.29 is 40.4 Å². The van der Waals surface area contributed by atoms with E-state index >= 15 is 0 Å². The number of nitrogens with zero attached hydrogens (tertiary/aromatic N) is 2. The Morgan fingerprint density at radius 2 is 2.00 bits per heavy atom. The van der Waals surface area contributed by atoms with Gasteiger partial charge in [-0.05, 0) is 61.1 Å². The molecule has 5 rings (SSSR count). The molecule has 1 aliphatic carbocycles. The molecule has 0 unspecified atom stereocenters. The smallest absolute Gasteiger partial charge is 0.390 e. The maximum Gasteiger partial charge on any atom is 0.416 e. The number of carbonyl (C=O) groups excluding carboxylic acids is 1. The zero-order valence-electron chi connectivity index (χ0n) is 21.9. The quantitative estimate of drug-likeness (QED) is 0.326. The Labute approximate surface area is 238 Å². The number of benzene rings is 1. The molecular weight excluding hydrogens is 585 g/mol. The molecule has 220 valence electrons. The van der Waals surface area contributed by atoms with Gasteiger partial charge in [0.25, 0.3) is 0 Å². The standard InChI is InChI=1S/C26H27F3N4O6S2/c1-13-17(24-18-7-15(26(27,28)29)4-3-14(18)5-6-38-24)10-22(40-13)23(35)19-11-31-12-32-25(19)33-16-8-20(34)21(9-16)39-41(36,37)30-2/h3-4,7,10-12,16,20-21,24,30,34H,5-6,8-9H2,1-2H3,(H,31,32,33)/t16-,20+,21-,24-/m1/s1. The lowest BCUT2D eigenvalue weighted by Gasteiger charge is -2.27. The summed E-state index contributed by atoms with van der Waals surface area (Å²) in [6.45, 7) is 2.11. The molecule has 3 aromatic rings. The van der Waals surface area contributed by atoms with Crippen LogP contribution >= 0.6 is 11.3 Å².